The Kier molecular flexibility index (Phi) is 4.90. The Morgan fingerprint density at radius 3 is 2.57 bits per heavy atom. The maximum absolute atomic E-state index is 12.5. The van der Waals surface area contributed by atoms with E-state index in [1.165, 1.54) is 24.3 Å². The van der Waals surface area contributed by atoms with Gasteiger partial charge in [-0.1, -0.05) is 12.1 Å². The Bertz CT molecular complexity index is 1060. The zero-order valence-electron chi connectivity index (χ0n) is 14.8. The summed E-state index contributed by atoms with van der Waals surface area (Å²) >= 11 is 1.59. The number of carbonyl (C=O) groups is 2. The van der Waals surface area contributed by atoms with Gasteiger partial charge in [-0.15, -0.1) is 11.3 Å². The number of fused-ring (bicyclic) bond motifs is 1. The number of aliphatic imine (C=N–C) groups is 1. The molecule has 4 rings (SSSR count). The first-order valence-electron chi connectivity index (χ1n) is 8.69. The second kappa shape index (κ2) is 7.66. The van der Waals surface area contributed by atoms with Crippen LogP contribution in [-0.2, 0) is 13.1 Å². The Morgan fingerprint density at radius 1 is 1.04 bits per heavy atom. The molecule has 0 radical (unpaired) electrons. The molecule has 6 nitrogen and oxygen atoms in total. The highest BCUT2D eigenvalue weighted by atomic mass is 32.1. The molecule has 3 N–H and O–H groups in total. The minimum atomic E-state index is -0.320. The van der Waals surface area contributed by atoms with Gasteiger partial charge in [0, 0.05) is 21.6 Å². The molecule has 1 aliphatic heterocycles. The van der Waals surface area contributed by atoms with Crippen LogP contribution in [0.5, 0.6) is 5.75 Å². The van der Waals surface area contributed by atoms with E-state index >= 15 is 0 Å². The summed E-state index contributed by atoms with van der Waals surface area (Å²) in [6, 6.07) is 15.3. The molecule has 0 unspecified atom stereocenters. The standard InChI is InChI=1S/C21H17N3O3S/c25-16-7-5-13(6-8-16)21(27)24-19-18-10-14(3-4-15(18)11-22-19)20(26)23-12-17-2-1-9-28-17/h1-10,25H,11-12H2,(H,23,26)(H,22,24,27). The fourth-order valence-electron chi connectivity index (χ4n) is 2.91. The molecule has 28 heavy (non-hydrogen) atoms. The molecule has 2 amide bonds. The number of phenolic OH excluding ortho intramolecular Hbond substituents is 1. The van der Waals surface area contributed by atoms with E-state index in [1.807, 2.05) is 23.6 Å². The van der Waals surface area contributed by atoms with Gasteiger partial charge in [0.15, 0.2) is 0 Å². The van der Waals surface area contributed by atoms with Gasteiger partial charge in [-0.25, -0.2) is 0 Å². The summed E-state index contributed by atoms with van der Waals surface area (Å²) in [5, 5.41) is 17.0. The monoisotopic (exact) mass is 391 g/mol. The average Bonchev–Trinajstić information content (AvgIpc) is 3.36. The number of aromatic hydroxyl groups is 1. The van der Waals surface area contributed by atoms with E-state index in [-0.39, 0.29) is 17.6 Å². The fourth-order valence-corrected chi connectivity index (χ4v) is 3.55. The maximum Gasteiger partial charge on any atom is 0.256 e. The van der Waals surface area contributed by atoms with Crippen molar-refractivity contribution in [2.75, 3.05) is 0 Å². The summed E-state index contributed by atoms with van der Waals surface area (Å²) in [6.45, 7) is 0.934. The van der Waals surface area contributed by atoms with Crippen molar-refractivity contribution < 1.29 is 14.7 Å². The topological polar surface area (TPSA) is 90.8 Å². The molecule has 0 bridgehead atoms. The van der Waals surface area contributed by atoms with E-state index in [1.54, 1.807) is 23.5 Å². The molecule has 0 spiro atoms. The third-order valence-corrected chi connectivity index (χ3v) is 5.28. The minimum Gasteiger partial charge on any atom is -0.508 e. The van der Waals surface area contributed by atoms with Gasteiger partial charge in [-0.2, -0.15) is 0 Å². The summed E-state index contributed by atoms with van der Waals surface area (Å²) < 4.78 is 0. The van der Waals surface area contributed by atoms with Crippen molar-refractivity contribution in [2.45, 2.75) is 13.1 Å². The highest BCUT2D eigenvalue weighted by Gasteiger charge is 2.20. The Labute approximate surface area is 165 Å². The van der Waals surface area contributed by atoms with Gasteiger partial charge >= 0.3 is 0 Å². The normalized spacial score (nSPS) is 12.2. The van der Waals surface area contributed by atoms with Crippen LogP contribution in [0.1, 0.15) is 36.7 Å². The molecule has 3 aromatic rings. The van der Waals surface area contributed by atoms with E-state index in [9.17, 15) is 14.7 Å². The van der Waals surface area contributed by atoms with Crippen LogP contribution < -0.4 is 10.6 Å². The minimum absolute atomic E-state index is 0.0957. The van der Waals surface area contributed by atoms with Crippen LogP contribution in [0.4, 0.5) is 0 Å². The Morgan fingerprint density at radius 2 is 1.82 bits per heavy atom. The quantitative estimate of drug-likeness (QED) is 0.638. The number of benzene rings is 2. The van der Waals surface area contributed by atoms with Crippen LogP contribution in [-0.4, -0.2) is 22.8 Å². The van der Waals surface area contributed by atoms with Gasteiger partial charge in [0.2, 0.25) is 0 Å². The molecule has 0 aliphatic carbocycles. The molecule has 0 atom stereocenters. The summed E-state index contributed by atoms with van der Waals surface area (Å²) in [5.74, 6) is 0.0470. The number of nitrogens with zero attached hydrogens (tertiary/aromatic N) is 1. The molecule has 0 saturated carbocycles. The number of phenols is 1. The van der Waals surface area contributed by atoms with E-state index in [0.717, 1.165) is 16.0 Å². The summed E-state index contributed by atoms with van der Waals surface area (Å²) in [5.41, 5.74) is 2.63. The lowest BCUT2D eigenvalue weighted by atomic mass is 10.0. The third kappa shape index (κ3) is 3.79. The molecular formula is C21H17N3O3S. The van der Waals surface area contributed by atoms with Crippen molar-refractivity contribution in [3.8, 4) is 5.75 Å². The first-order valence-corrected chi connectivity index (χ1v) is 9.57. The van der Waals surface area contributed by atoms with E-state index in [2.05, 4.69) is 15.6 Å². The fraction of sp³-hybridized carbons (Fsp3) is 0.0952. The number of nitrogens with one attached hydrogen (secondary N) is 2. The van der Waals surface area contributed by atoms with Gasteiger partial charge in [0.05, 0.1) is 13.1 Å². The van der Waals surface area contributed by atoms with Crippen LogP contribution in [0.25, 0.3) is 0 Å². The predicted octanol–water partition coefficient (Wildman–Crippen LogP) is 3.07. The first-order chi connectivity index (χ1) is 13.6. The van der Waals surface area contributed by atoms with Gasteiger partial charge < -0.3 is 15.7 Å². The van der Waals surface area contributed by atoms with Crippen LogP contribution in [0.15, 0.2) is 65.0 Å². The van der Waals surface area contributed by atoms with E-state index < -0.39 is 0 Å². The van der Waals surface area contributed by atoms with Crippen LogP contribution in [0.3, 0.4) is 0 Å². The molecule has 7 heteroatoms. The highest BCUT2D eigenvalue weighted by Crippen LogP contribution is 2.20. The molecular weight excluding hydrogens is 374 g/mol. The first kappa shape index (κ1) is 17.9. The van der Waals surface area contributed by atoms with Crippen LogP contribution in [0, 0.1) is 0 Å². The van der Waals surface area contributed by atoms with Crippen molar-refractivity contribution in [1.29, 1.82) is 0 Å². The maximum atomic E-state index is 12.5. The van der Waals surface area contributed by atoms with Crippen molar-refractivity contribution in [3.63, 3.8) is 0 Å². The summed E-state index contributed by atoms with van der Waals surface area (Å²) in [6.07, 6.45) is 0. The molecule has 140 valence electrons. The van der Waals surface area contributed by atoms with Gasteiger partial charge in [-0.05, 0) is 53.4 Å². The summed E-state index contributed by atoms with van der Waals surface area (Å²) in [4.78, 5) is 30.3. The largest absolute Gasteiger partial charge is 0.508 e. The van der Waals surface area contributed by atoms with Crippen molar-refractivity contribution in [2.24, 2.45) is 4.99 Å². The molecule has 1 aliphatic rings. The summed E-state index contributed by atoms with van der Waals surface area (Å²) in [7, 11) is 0. The lowest BCUT2D eigenvalue weighted by Crippen LogP contribution is -2.30. The van der Waals surface area contributed by atoms with Crippen molar-refractivity contribution >= 4 is 29.0 Å². The Balaban J connectivity index is 1.47. The van der Waals surface area contributed by atoms with E-state index in [4.69, 9.17) is 0 Å². The highest BCUT2D eigenvalue weighted by molar-refractivity contribution is 7.09. The molecule has 2 aromatic carbocycles. The number of thiophene rings is 1. The predicted molar refractivity (Wildman–Crippen MR) is 108 cm³/mol. The number of carbonyl (C=O) groups excluding carboxylic acids is 2. The average molecular weight is 391 g/mol. The van der Waals surface area contributed by atoms with Gasteiger partial charge in [0.1, 0.15) is 11.6 Å². The molecule has 2 heterocycles. The third-order valence-electron chi connectivity index (χ3n) is 4.40. The van der Waals surface area contributed by atoms with E-state index in [0.29, 0.717) is 30.1 Å². The second-order valence-corrected chi connectivity index (χ2v) is 7.33. The van der Waals surface area contributed by atoms with Crippen LogP contribution >= 0.6 is 11.3 Å². The number of hydrogen-bond acceptors (Lipinski definition) is 5. The SMILES string of the molecule is O=C(NCc1cccs1)c1ccc2c(c1)C(NC(=O)c1ccc(O)cc1)=NC2. The van der Waals surface area contributed by atoms with Gasteiger partial charge in [-0.3, -0.25) is 14.6 Å². The number of rotatable bonds is 4. The second-order valence-electron chi connectivity index (χ2n) is 6.30. The number of amidine groups is 1. The van der Waals surface area contributed by atoms with Crippen molar-refractivity contribution in [1.82, 2.24) is 10.6 Å². The molecule has 0 saturated heterocycles. The lowest BCUT2D eigenvalue weighted by Gasteiger charge is -2.09. The van der Waals surface area contributed by atoms with Gasteiger partial charge in [0.25, 0.3) is 11.8 Å². The van der Waals surface area contributed by atoms with Crippen molar-refractivity contribution in [3.05, 3.63) is 87.1 Å². The number of hydrogen-bond donors (Lipinski definition) is 3. The van der Waals surface area contributed by atoms with Crippen LogP contribution in [0.2, 0.25) is 0 Å². The Hall–Kier alpha value is -3.45. The molecule has 0 fully saturated rings. The molecule has 1 aromatic heterocycles. The number of amides is 2. The smallest absolute Gasteiger partial charge is 0.256 e. The zero-order chi connectivity index (χ0) is 19.5. The lowest BCUT2D eigenvalue weighted by molar-refractivity contribution is 0.0949. The zero-order valence-corrected chi connectivity index (χ0v) is 15.6.